The Bertz CT molecular complexity index is 672. The molecule has 2 aromatic rings. The molecule has 0 radical (unpaired) electrons. The molecular formula is C16H16ClN5. The molecule has 1 saturated heterocycles. The highest BCUT2D eigenvalue weighted by molar-refractivity contribution is 6.30. The summed E-state index contributed by atoms with van der Waals surface area (Å²) in [5.74, 6) is 0.835. The summed E-state index contributed by atoms with van der Waals surface area (Å²) in [5.41, 5.74) is 1.59. The molecule has 0 saturated carbocycles. The van der Waals surface area contributed by atoms with E-state index < -0.39 is 0 Å². The number of aromatic nitrogens is 2. The third kappa shape index (κ3) is 3.53. The van der Waals surface area contributed by atoms with Gasteiger partial charge in [-0.15, -0.1) is 10.2 Å². The van der Waals surface area contributed by atoms with Crippen LogP contribution in [0.3, 0.4) is 0 Å². The molecule has 0 unspecified atom stereocenters. The first-order valence-electron chi connectivity index (χ1n) is 7.20. The first kappa shape index (κ1) is 14.8. The molecule has 0 bridgehead atoms. The quantitative estimate of drug-likeness (QED) is 0.870. The lowest BCUT2D eigenvalue weighted by Crippen LogP contribution is -2.46. The van der Waals surface area contributed by atoms with Gasteiger partial charge in [0.2, 0.25) is 0 Å². The summed E-state index contributed by atoms with van der Waals surface area (Å²) in [5, 5.41) is 17.5. The Kier molecular flexibility index (Phi) is 4.52. The van der Waals surface area contributed by atoms with Gasteiger partial charge in [0.1, 0.15) is 6.07 Å². The zero-order valence-electron chi connectivity index (χ0n) is 12.1. The van der Waals surface area contributed by atoms with Gasteiger partial charge in [0.05, 0.1) is 0 Å². The average Bonchev–Trinajstić information content (AvgIpc) is 2.56. The molecule has 1 aromatic carbocycles. The molecule has 1 aromatic heterocycles. The maximum absolute atomic E-state index is 8.75. The number of nitrogens with zero attached hydrogens (tertiary/aromatic N) is 5. The lowest BCUT2D eigenvalue weighted by atomic mass is 10.2. The van der Waals surface area contributed by atoms with Crippen LogP contribution >= 0.6 is 11.6 Å². The van der Waals surface area contributed by atoms with Gasteiger partial charge >= 0.3 is 0 Å². The Morgan fingerprint density at radius 3 is 2.55 bits per heavy atom. The zero-order chi connectivity index (χ0) is 15.4. The largest absolute Gasteiger partial charge is 0.353 e. The summed E-state index contributed by atoms with van der Waals surface area (Å²) >= 11 is 6.03. The second-order valence-electron chi connectivity index (χ2n) is 5.28. The van der Waals surface area contributed by atoms with Crippen molar-refractivity contribution >= 4 is 17.4 Å². The van der Waals surface area contributed by atoms with Gasteiger partial charge in [0.15, 0.2) is 11.5 Å². The van der Waals surface area contributed by atoms with Gasteiger partial charge < -0.3 is 4.90 Å². The standard InChI is InChI=1S/C16H16ClN5/c17-14-3-1-2-13(10-14)12-21-6-8-22(9-7-21)16-5-4-15(11-18)19-20-16/h1-5,10H,6-9,12H2. The molecule has 1 aliphatic heterocycles. The smallest absolute Gasteiger partial charge is 0.163 e. The highest BCUT2D eigenvalue weighted by Crippen LogP contribution is 2.16. The molecular weight excluding hydrogens is 298 g/mol. The normalized spacial score (nSPS) is 15.5. The van der Waals surface area contributed by atoms with Crippen molar-refractivity contribution in [3.63, 3.8) is 0 Å². The summed E-state index contributed by atoms with van der Waals surface area (Å²) in [4.78, 5) is 4.60. The number of hydrogen-bond donors (Lipinski definition) is 0. The second-order valence-corrected chi connectivity index (χ2v) is 5.72. The van der Waals surface area contributed by atoms with Crippen molar-refractivity contribution in [2.24, 2.45) is 0 Å². The van der Waals surface area contributed by atoms with Crippen molar-refractivity contribution in [2.45, 2.75) is 6.54 Å². The molecule has 112 valence electrons. The van der Waals surface area contributed by atoms with E-state index in [9.17, 15) is 0 Å². The van der Waals surface area contributed by atoms with Crippen LogP contribution in [0.1, 0.15) is 11.3 Å². The van der Waals surface area contributed by atoms with Crippen LogP contribution in [-0.4, -0.2) is 41.3 Å². The molecule has 1 aliphatic rings. The Hall–Kier alpha value is -2.16. The van der Waals surface area contributed by atoms with E-state index in [-0.39, 0.29) is 0 Å². The Labute approximate surface area is 134 Å². The Morgan fingerprint density at radius 2 is 1.91 bits per heavy atom. The molecule has 0 N–H and O–H groups in total. The number of nitriles is 1. The van der Waals surface area contributed by atoms with Crippen molar-refractivity contribution in [3.05, 3.63) is 52.7 Å². The third-order valence-corrected chi connectivity index (χ3v) is 3.99. The Morgan fingerprint density at radius 1 is 1.09 bits per heavy atom. The zero-order valence-corrected chi connectivity index (χ0v) is 12.9. The molecule has 3 rings (SSSR count). The lowest BCUT2D eigenvalue weighted by molar-refractivity contribution is 0.249. The predicted octanol–water partition coefficient (Wildman–Crippen LogP) is 2.32. The van der Waals surface area contributed by atoms with Crippen molar-refractivity contribution in [3.8, 4) is 6.07 Å². The molecule has 0 aliphatic carbocycles. The first-order valence-corrected chi connectivity index (χ1v) is 7.58. The van der Waals surface area contributed by atoms with E-state index in [1.54, 1.807) is 6.07 Å². The summed E-state index contributed by atoms with van der Waals surface area (Å²) in [7, 11) is 0. The highest BCUT2D eigenvalue weighted by Gasteiger charge is 2.18. The van der Waals surface area contributed by atoms with Crippen LogP contribution in [0.5, 0.6) is 0 Å². The van der Waals surface area contributed by atoms with E-state index in [2.05, 4.69) is 26.1 Å². The van der Waals surface area contributed by atoms with E-state index in [1.165, 1.54) is 5.56 Å². The van der Waals surface area contributed by atoms with Crippen molar-refractivity contribution in [1.82, 2.24) is 15.1 Å². The fraction of sp³-hybridized carbons (Fsp3) is 0.312. The number of hydrogen-bond acceptors (Lipinski definition) is 5. The number of rotatable bonds is 3. The second kappa shape index (κ2) is 6.73. The van der Waals surface area contributed by atoms with Crippen molar-refractivity contribution < 1.29 is 0 Å². The van der Waals surface area contributed by atoms with Crippen molar-refractivity contribution in [1.29, 1.82) is 5.26 Å². The van der Waals surface area contributed by atoms with E-state index in [0.717, 1.165) is 43.6 Å². The molecule has 6 heteroatoms. The summed E-state index contributed by atoms with van der Waals surface area (Å²) in [6.45, 7) is 4.65. The van der Waals surface area contributed by atoms with Crippen LogP contribution in [0.25, 0.3) is 0 Å². The van der Waals surface area contributed by atoms with Crippen molar-refractivity contribution in [2.75, 3.05) is 31.1 Å². The van der Waals surface area contributed by atoms with Crippen LogP contribution in [0.2, 0.25) is 5.02 Å². The third-order valence-electron chi connectivity index (χ3n) is 3.76. The fourth-order valence-electron chi connectivity index (χ4n) is 2.58. The Balaban J connectivity index is 1.57. The van der Waals surface area contributed by atoms with Gasteiger partial charge in [-0.2, -0.15) is 5.26 Å². The molecule has 0 spiro atoms. The number of halogens is 1. The minimum atomic E-state index is 0.350. The van der Waals surface area contributed by atoms with E-state index in [4.69, 9.17) is 16.9 Å². The number of benzene rings is 1. The first-order chi connectivity index (χ1) is 10.7. The van der Waals surface area contributed by atoms with Gasteiger partial charge in [0, 0.05) is 37.7 Å². The topological polar surface area (TPSA) is 56.1 Å². The van der Waals surface area contributed by atoms with Gasteiger partial charge in [-0.05, 0) is 29.8 Å². The number of anilines is 1. The molecule has 5 nitrogen and oxygen atoms in total. The van der Waals surface area contributed by atoms with E-state index in [0.29, 0.717) is 5.69 Å². The van der Waals surface area contributed by atoms with E-state index >= 15 is 0 Å². The minimum absolute atomic E-state index is 0.350. The van der Waals surface area contributed by atoms with Gasteiger partial charge in [-0.3, -0.25) is 4.90 Å². The van der Waals surface area contributed by atoms with Crippen LogP contribution in [0, 0.1) is 11.3 Å². The molecule has 1 fully saturated rings. The molecule has 22 heavy (non-hydrogen) atoms. The SMILES string of the molecule is N#Cc1ccc(N2CCN(Cc3cccc(Cl)c3)CC2)nn1. The fourth-order valence-corrected chi connectivity index (χ4v) is 2.80. The van der Waals surface area contributed by atoms with Crippen LogP contribution in [0.15, 0.2) is 36.4 Å². The maximum atomic E-state index is 8.75. The molecule has 0 amide bonds. The predicted molar refractivity (Wildman–Crippen MR) is 85.7 cm³/mol. The average molecular weight is 314 g/mol. The summed E-state index contributed by atoms with van der Waals surface area (Å²) in [6, 6.07) is 13.6. The summed E-state index contributed by atoms with van der Waals surface area (Å²) < 4.78 is 0. The maximum Gasteiger partial charge on any atom is 0.163 e. The van der Waals surface area contributed by atoms with Crippen LogP contribution in [0.4, 0.5) is 5.82 Å². The molecule has 0 atom stereocenters. The number of piperazine rings is 1. The van der Waals surface area contributed by atoms with Gasteiger partial charge in [0.25, 0.3) is 0 Å². The van der Waals surface area contributed by atoms with Gasteiger partial charge in [-0.1, -0.05) is 23.7 Å². The van der Waals surface area contributed by atoms with Gasteiger partial charge in [-0.25, -0.2) is 0 Å². The highest BCUT2D eigenvalue weighted by atomic mass is 35.5. The van der Waals surface area contributed by atoms with Crippen LogP contribution in [-0.2, 0) is 6.54 Å². The molecule has 2 heterocycles. The lowest BCUT2D eigenvalue weighted by Gasteiger charge is -2.35. The minimum Gasteiger partial charge on any atom is -0.353 e. The monoisotopic (exact) mass is 313 g/mol. The van der Waals surface area contributed by atoms with E-state index in [1.807, 2.05) is 30.3 Å². The van der Waals surface area contributed by atoms with Crippen LogP contribution < -0.4 is 4.90 Å². The summed E-state index contributed by atoms with van der Waals surface area (Å²) in [6.07, 6.45) is 0.